The van der Waals surface area contributed by atoms with Crippen LogP contribution in [0.25, 0.3) is 0 Å². The van der Waals surface area contributed by atoms with Gasteiger partial charge in [-0.1, -0.05) is 30.3 Å². The van der Waals surface area contributed by atoms with Crippen LogP contribution < -0.4 is 11.1 Å². The van der Waals surface area contributed by atoms with Crippen molar-refractivity contribution in [2.45, 2.75) is 43.9 Å². The Hall–Kier alpha value is -2.93. The molecule has 1 unspecified atom stereocenters. The lowest BCUT2D eigenvalue weighted by molar-refractivity contribution is -0.174. The minimum absolute atomic E-state index is 0.0181. The third-order valence-electron chi connectivity index (χ3n) is 3.75. The van der Waals surface area contributed by atoms with Crippen molar-refractivity contribution in [3.8, 4) is 6.07 Å². The molecule has 0 radical (unpaired) electrons. The molecule has 144 valence electrons. The lowest BCUT2D eigenvalue weighted by Crippen LogP contribution is -2.39. The van der Waals surface area contributed by atoms with E-state index in [-0.39, 0.29) is 24.6 Å². The van der Waals surface area contributed by atoms with Crippen LogP contribution in [0.1, 0.15) is 43.2 Å². The van der Waals surface area contributed by atoms with Gasteiger partial charge >= 0.3 is 12.1 Å². The second-order valence-electron chi connectivity index (χ2n) is 6.25. The summed E-state index contributed by atoms with van der Waals surface area (Å²) in [6.07, 6.45) is -4.93. The number of nitrogens with one attached hydrogen (secondary N) is 1. The summed E-state index contributed by atoms with van der Waals surface area (Å²) in [5.41, 5.74) is 6.08. The summed E-state index contributed by atoms with van der Waals surface area (Å²) in [6.45, 7) is 1.65. The number of amides is 1. The molecule has 1 aromatic carbocycles. The maximum Gasteiger partial charge on any atom is 0.471 e. The van der Waals surface area contributed by atoms with Gasteiger partial charge in [0.15, 0.2) is 0 Å². The zero-order chi connectivity index (χ0) is 20.1. The summed E-state index contributed by atoms with van der Waals surface area (Å²) in [7, 11) is 0. The Labute approximate surface area is 153 Å². The molecule has 2 rings (SSSR count). The first-order chi connectivity index (χ1) is 12.6. The summed E-state index contributed by atoms with van der Waals surface area (Å²) in [5.74, 6) is -2.36. The Morgan fingerprint density at radius 2 is 2.00 bits per heavy atom. The maximum absolute atomic E-state index is 12.5. The first kappa shape index (κ1) is 20.4. The molecule has 10 heteroatoms. The molecule has 1 heterocycles. The summed E-state index contributed by atoms with van der Waals surface area (Å²) in [5, 5.41) is 18.0. The van der Waals surface area contributed by atoms with Crippen molar-refractivity contribution < 1.29 is 22.4 Å². The topological polar surface area (TPSA) is 118 Å². The highest BCUT2D eigenvalue weighted by Gasteiger charge is 2.41. The third-order valence-corrected chi connectivity index (χ3v) is 3.75. The lowest BCUT2D eigenvalue weighted by atomic mass is 9.94. The van der Waals surface area contributed by atoms with Gasteiger partial charge in [-0.05, 0) is 25.3 Å². The van der Waals surface area contributed by atoms with Crippen molar-refractivity contribution >= 4 is 5.91 Å². The average molecular weight is 381 g/mol. The lowest BCUT2D eigenvalue weighted by Gasteiger charge is -2.20. The number of hydrogen-bond acceptors (Lipinski definition) is 6. The fourth-order valence-electron chi connectivity index (χ4n) is 2.41. The Balaban J connectivity index is 2.20. The van der Waals surface area contributed by atoms with Crippen molar-refractivity contribution in [2.75, 3.05) is 0 Å². The molecule has 0 aliphatic carbocycles. The van der Waals surface area contributed by atoms with Crippen LogP contribution in [-0.4, -0.2) is 22.3 Å². The number of rotatable bonds is 7. The van der Waals surface area contributed by atoms with Gasteiger partial charge in [-0.2, -0.15) is 18.4 Å². The van der Waals surface area contributed by atoms with Gasteiger partial charge in [-0.25, -0.2) is 0 Å². The molecule has 0 fully saturated rings. The largest absolute Gasteiger partial charge is 0.471 e. The SMILES string of the molecule is C[C@@](N)(Cc1ccccc1)c1nnc(C(CCC#N)NC(=O)C(F)(F)F)o1. The molecule has 0 aliphatic rings. The van der Waals surface area contributed by atoms with Crippen LogP contribution in [0.4, 0.5) is 13.2 Å². The number of benzene rings is 1. The van der Waals surface area contributed by atoms with E-state index in [1.165, 1.54) is 0 Å². The van der Waals surface area contributed by atoms with E-state index >= 15 is 0 Å². The van der Waals surface area contributed by atoms with Gasteiger partial charge in [-0.3, -0.25) is 4.79 Å². The molecular weight excluding hydrogens is 363 g/mol. The van der Waals surface area contributed by atoms with Gasteiger partial charge in [0.2, 0.25) is 11.8 Å². The summed E-state index contributed by atoms with van der Waals surface area (Å²) in [4.78, 5) is 11.2. The third kappa shape index (κ3) is 5.52. The second-order valence-corrected chi connectivity index (χ2v) is 6.25. The Morgan fingerprint density at radius 3 is 2.59 bits per heavy atom. The van der Waals surface area contributed by atoms with Crippen molar-refractivity contribution in [3.05, 3.63) is 47.7 Å². The van der Waals surface area contributed by atoms with Crippen molar-refractivity contribution in [1.82, 2.24) is 15.5 Å². The highest BCUT2D eigenvalue weighted by atomic mass is 19.4. The summed E-state index contributed by atoms with van der Waals surface area (Å²) >= 11 is 0. The Bertz CT molecular complexity index is 812. The number of hydrogen-bond donors (Lipinski definition) is 2. The normalized spacial score (nSPS) is 14.8. The van der Waals surface area contributed by atoms with Crippen LogP contribution >= 0.6 is 0 Å². The van der Waals surface area contributed by atoms with Crippen LogP contribution in [0.5, 0.6) is 0 Å². The summed E-state index contributed by atoms with van der Waals surface area (Å²) in [6, 6.07) is 9.82. The van der Waals surface area contributed by atoms with Gasteiger partial charge in [0, 0.05) is 6.42 Å². The van der Waals surface area contributed by atoms with Crippen LogP contribution in [-0.2, 0) is 16.8 Å². The molecule has 2 atom stereocenters. The smallest absolute Gasteiger partial charge is 0.421 e. The quantitative estimate of drug-likeness (QED) is 0.761. The Kier molecular flexibility index (Phi) is 6.17. The molecule has 1 aromatic heterocycles. The van der Waals surface area contributed by atoms with Gasteiger partial charge in [0.05, 0.1) is 11.6 Å². The predicted octanol–water partition coefficient (Wildman–Crippen LogP) is 2.51. The second kappa shape index (κ2) is 8.18. The minimum Gasteiger partial charge on any atom is -0.421 e. The van der Waals surface area contributed by atoms with Gasteiger partial charge in [-0.15, -0.1) is 10.2 Å². The predicted molar refractivity (Wildman–Crippen MR) is 87.8 cm³/mol. The molecule has 3 N–H and O–H groups in total. The number of alkyl halides is 3. The van der Waals surface area contributed by atoms with Crippen molar-refractivity contribution in [1.29, 1.82) is 5.26 Å². The van der Waals surface area contributed by atoms with E-state index in [9.17, 15) is 18.0 Å². The molecule has 0 aliphatic heterocycles. The zero-order valence-electron chi connectivity index (χ0n) is 14.5. The molecule has 1 amide bonds. The monoisotopic (exact) mass is 381 g/mol. The first-order valence-corrected chi connectivity index (χ1v) is 8.05. The van der Waals surface area contributed by atoms with E-state index in [0.29, 0.717) is 6.42 Å². The summed E-state index contributed by atoms with van der Waals surface area (Å²) < 4.78 is 43.0. The number of carbonyl (C=O) groups is 1. The number of carbonyl (C=O) groups excluding carboxylic acids is 1. The molecular formula is C17H18F3N5O2. The van der Waals surface area contributed by atoms with Gasteiger partial charge in [0.1, 0.15) is 6.04 Å². The number of nitriles is 1. The van der Waals surface area contributed by atoms with E-state index in [1.54, 1.807) is 18.3 Å². The van der Waals surface area contributed by atoms with Crippen LogP contribution in [0, 0.1) is 11.3 Å². The van der Waals surface area contributed by atoms with Crippen LogP contribution in [0.3, 0.4) is 0 Å². The van der Waals surface area contributed by atoms with Crippen LogP contribution in [0.2, 0.25) is 0 Å². The molecule has 7 nitrogen and oxygen atoms in total. The van der Waals surface area contributed by atoms with E-state index in [4.69, 9.17) is 15.4 Å². The maximum atomic E-state index is 12.5. The van der Waals surface area contributed by atoms with Crippen LogP contribution in [0.15, 0.2) is 34.7 Å². The molecule has 0 saturated carbocycles. The molecule has 27 heavy (non-hydrogen) atoms. The zero-order valence-corrected chi connectivity index (χ0v) is 14.5. The van der Waals surface area contributed by atoms with Crippen molar-refractivity contribution in [3.63, 3.8) is 0 Å². The molecule has 0 bridgehead atoms. The number of halogens is 3. The highest BCUT2D eigenvalue weighted by molar-refractivity contribution is 5.81. The molecule has 0 spiro atoms. The molecule has 0 saturated heterocycles. The van der Waals surface area contributed by atoms with E-state index < -0.39 is 23.7 Å². The van der Waals surface area contributed by atoms with E-state index in [1.807, 2.05) is 30.3 Å². The van der Waals surface area contributed by atoms with Gasteiger partial charge in [0.25, 0.3) is 0 Å². The number of aromatic nitrogens is 2. The number of nitrogens with two attached hydrogens (primary N) is 1. The fraction of sp³-hybridized carbons (Fsp3) is 0.412. The van der Waals surface area contributed by atoms with Crippen molar-refractivity contribution in [2.24, 2.45) is 5.73 Å². The molecule has 2 aromatic rings. The Morgan fingerprint density at radius 1 is 1.33 bits per heavy atom. The minimum atomic E-state index is -5.07. The van der Waals surface area contributed by atoms with Gasteiger partial charge < -0.3 is 15.5 Å². The first-order valence-electron chi connectivity index (χ1n) is 8.05. The highest BCUT2D eigenvalue weighted by Crippen LogP contribution is 2.26. The average Bonchev–Trinajstić information content (AvgIpc) is 3.09. The fourth-order valence-corrected chi connectivity index (χ4v) is 2.41. The standard InChI is InChI=1S/C17H18F3N5O2/c1-16(22,10-11-6-3-2-4-7-11)15-25-24-13(27-15)12(8-5-9-21)23-14(26)17(18,19)20/h2-4,6-7,12H,5,8,10,22H2,1H3,(H,23,26)/t12?,16-/m1/s1. The number of nitrogens with zero attached hydrogens (tertiary/aromatic N) is 3. The van der Waals surface area contributed by atoms with E-state index in [2.05, 4.69) is 10.2 Å². The van der Waals surface area contributed by atoms with E-state index in [0.717, 1.165) is 5.56 Å².